The summed E-state index contributed by atoms with van der Waals surface area (Å²) in [6.07, 6.45) is 2.86. The minimum atomic E-state index is -3.28. The molecule has 146 valence electrons. The van der Waals surface area contributed by atoms with E-state index in [2.05, 4.69) is 4.90 Å². The lowest BCUT2D eigenvalue weighted by Gasteiger charge is -2.33. The molecular formula is C22H23NO4S. The van der Waals surface area contributed by atoms with Gasteiger partial charge in [-0.1, -0.05) is 18.2 Å². The number of ether oxygens (including phenoxy) is 1. The van der Waals surface area contributed by atoms with Gasteiger partial charge in [0.15, 0.2) is 9.84 Å². The topological polar surface area (TPSA) is 66.8 Å². The summed E-state index contributed by atoms with van der Waals surface area (Å²) in [6.45, 7) is 1.30. The fourth-order valence-corrected chi connectivity index (χ4v) is 4.99. The smallest absolute Gasteiger partial charge is 0.175 e. The molecule has 0 amide bonds. The number of fused-ring (bicyclic) bond motifs is 2. The van der Waals surface area contributed by atoms with Gasteiger partial charge < -0.3 is 14.7 Å². The highest BCUT2D eigenvalue weighted by molar-refractivity contribution is 7.90. The van der Waals surface area contributed by atoms with Gasteiger partial charge in [0.2, 0.25) is 0 Å². The fraction of sp³-hybridized carbons (Fsp3) is 0.273. The molecule has 0 spiro atoms. The standard InChI is InChI=1S/C22H23NO4S/c1-27-16-10-8-15-9-11-21(24)19(18(15)13-16)14-23-12-4-5-17-20(23)6-3-7-22(17)28(2,25)26/h3,6-11,13,24H,4-5,12,14H2,1-2H3. The molecule has 1 aliphatic rings. The lowest BCUT2D eigenvalue weighted by molar-refractivity contribution is 0.415. The molecule has 28 heavy (non-hydrogen) atoms. The molecule has 3 aromatic rings. The molecule has 0 aromatic heterocycles. The number of rotatable bonds is 4. The highest BCUT2D eigenvalue weighted by Crippen LogP contribution is 2.36. The van der Waals surface area contributed by atoms with E-state index >= 15 is 0 Å². The third-order valence-electron chi connectivity index (χ3n) is 5.37. The molecule has 0 aliphatic carbocycles. The fourth-order valence-electron chi connectivity index (χ4n) is 4.01. The Hall–Kier alpha value is -2.73. The number of nitrogens with zero attached hydrogens (tertiary/aromatic N) is 1. The summed E-state index contributed by atoms with van der Waals surface area (Å²) in [5.74, 6) is 0.963. The molecule has 0 saturated heterocycles. The molecule has 1 aliphatic heterocycles. The first-order valence-corrected chi connectivity index (χ1v) is 11.1. The Kier molecular flexibility index (Phi) is 4.67. The van der Waals surface area contributed by atoms with Crippen molar-refractivity contribution in [3.8, 4) is 11.5 Å². The highest BCUT2D eigenvalue weighted by Gasteiger charge is 2.24. The summed E-state index contributed by atoms with van der Waals surface area (Å²) in [5, 5.41) is 12.5. The van der Waals surface area contributed by atoms with Crippen molar-refractivity contribution in [3.05, 3.63) is 59.7 Å². The predicted molar refractivity (Wildman–Crippen MR) is 111 cm³/mol. The molecular weight excluding hydrogens is 374 g/mol. The number of anilines is 1. The third-order valence-corrected chi connectivity index (χ3v) is 6.55. The van der Waals surface area contributed by atoms with Gasteiger partial charge in [0.25, 0.3) is 0 Å². The monoisotopic (exact) mass is 397 g/mol. The minimum absolute atomic E-state index is 0.229. The Morgan fingerprint density at radius 3 is 2.68 bits per heavy atom. The Morgan fingerprint density at radius 1 is 1.14 bits per heavy atom. The molecule has 0 atom stereocenters. The number of methoxy groups -OCH3 is 1. The van der Waals surface area contributed by atoms with Gasteiger partial charge in [-0.05, 0) is 59.5 Å². The number of hydrogen-bond acceptors (Lipinski definition) is 5. The van der Waals surface area contributed by atoms with Gasteiger partial charge in [0.1, 0.15) is 11.5 Å². The first kappa shape index (κ1) is 18.6. The second-order valence-corrected chi connectivity index (χ2v) is 9.19. The van der Waals surface area contributed by atoms with Crippen molar-refractivity contribution in [2.45, 2.75) is 24.3 Å². The molecule has 3 aromatic carbocycles. The summed E-state index contributed by atoms with van der Waals surface area (Å²) in [7, 11) is -1.66. The zero-order valence-corrected chi connectivity index (χ0v) is 16.8. The maximum Gasteiger partial charge on any atom is 0.175 e. The van der Waals surface area contributed by atoms with E-state index in [1.54, 1.807) is 25.3 Å². The Bertz CT molecular complexity index is 1150. The zero-order chi connectivity index (χ0) is 19.9. The molecule has 0 fully saturated rings. The van der Waals surface area contributed by atoms with Crippen molar-refractivity contribution in [1.82, 2.24) is 0 Å². The predicted octanol–water partition coefficient (Wildman–Crippen LogP) is 3.91. The summed E-state index contributed by atoms with van der Waals surface area (Å²) in [4.78, 5) is 2.56. The lowest BCUT2D eigenvalue weighted by atomic mass is 9.98. The van der Waals surface area contributed by atoms with E-state index in [4.69, 9.17) is 4.74 Å². The molecule has 0 unspecified atom stereocenters. The third kappa shape index (κ3) is 3.29. The van der Waals surface area contributed by atoms with Gasteiger partial charge in [-0.2, -0.15) is 0 Å². The van der Waals surface area contributed by atoms with Crippen molar-refractivity contribution in [2.75, 3.05) is 24.8 Å². The Labute approximate surface area is 165 Å². The van der Waals surface area contributed by atoms with Crippen molar-refractivity contribution in [1.29, 1.82) is 0 Å². The van der Waals surface area contributed by atoms with Crippen LogP contribution in [0, 0.1) is 0 Å². The molecule has 6 heteroatoms. The van der Waals surface area contributed by atoms with Crippen LogP contribution in [0.4, 0.5) is 5.69 Å². The molecule has 0 saturated carbocycles. The Morgan fingerprint density at radius 2 is 1.93 bits per heavy atom. The van der Waals surface area contributed by atoms with E-state index in [-0.39, 0.29) is 5.75 Å². The van der Waals surface area contributed by atoms with Crippen molar-refractivity contribution >= 4 is 26.3 Å². The maximum atomic E-state index is 12.2. The van der Waals surface area contributed by atoms with Gasteiger partial charge in [0, 0.05) is 30.6 Å². The molecule has 0 bridgehead atoms. The van der Waals surface area contributed by atoms with Crippen molar-refractivity contribution in [3.63, 3.8) is 0 Å². The quantitative estimate of drug-likeness (QED) is 0.723. The van der Waals surface area contributed by atoms with Crippen LogP contribution in [-0.2, 0) is 22.8 Å². The Balaban J connectivity index is 1.81. The van der Waals surface area contributed by atoms with E-state index in [0.29, 0.717) is 11.4 Å². The van der Waals surface area contributed by atoms with Crippen molar-refractivity contribution < 1.29 is 18.3 Å². The number of phenolic OH excluding ortho intramolecular Hbond substituents is 1. The second kappa shape index (κ2) is 7.02. The van der Waals surface area contributed by atoms with Gasteiger partial charge >= 0.3 is 0 Å². The van der Waals surface area contributed by atoms with E-state index in [1.165, 1.54) is 6.26 Å². The van der Waals surface area contributed by atoms with Gasteiger partial charge in [0.05, 0.1) is 12.0 Å². The SMILES string of the molecule is COc1ccc2ccc(O)c(CN3CCCc4c3cccc4S(C)(=O)=O)c2c1. The molecule has 0 radical (unpaired) electrons. The number of sulfone groups is 1. The summed E-state index contributed by atoms with van der Waals surface area (Å²) < 4.78 is 29.7. The van der Waals surface area contributed by atoms with Crippen LogP contribution >= 0.6 is 0 Å². The van der Waals surface area contributed by atoms with Gasteiger partial charge in [-0.3, -0.25) is 0 Å². The molecule has 1 N–H and O–H groups in total. The molecule has 4 rings (SSSR count). The molecule has 1 heterocycles. The van der Waals surface area contributed by atoms with Crippen LogP contribution < -0.4 is 9.64 Å². The maximum absolute atomic E-state index is 12.2. The first-order valence-electron chi connectivity index (χ1n) is 9.24. The summed E-state index contributed by atoms with van der Waals surface area (Å²) >= 11 is 0. The second-order valence-electron chi connectivity index (χ2n) is 7.20. The number of aromatic hydroxyl groups is 1. The van der Waals surface area contributed by atoms with Gasteiger partial charge in [-0.15, -0.1) is 0 Å². The van der Waals surface area contributed by atoms with Gasteiger partial charge in [-0.25, -0.2) is 8.42 Å². The largest absolute Gasteiger partial charge is 0.508 e. The lowest BCUT2D eigenvalue weighted by Crippen LogP contribution is -2.29. The van der Waals surface area contributed by atoms with Crippen LogP contribution in [-0.4, -0.2) is 33.4 Å². The average Bonchev–Trinajstić information content (AvgIpc) is 2.68. The van der Waals surface area contributed by atoms with E-state index in [9.17, 15) is 13.5 Å². The van der Waals surface area contributed by atoms with E-state index in [1.807, 2.05) is 30.3 Å². The highest BCUT2D eigenvalue weighted by atomic mass is 32.2. The number of hydrogen-bond donors (Lipinski definition) is 1. The van der Waals surface area contributed by atoms with Crippen LogP contribution in [0.2, 0.25) is 0 Å². The average molecular weight is 397 g/mol. The summed E-state index contributed by atoms with van der Waals surface area (Å²) in [5.41, 5.74) is 2.61. The van der Waals surface area contributed by atoms with Crippen LogP contribution in [0.5, 0.6) is 11.5 Å². The van der Waals surface area contributed by atoms with E-state index < -0.39 is 9.84 Å². The van der Waals surface area contributed by atoms with Crippen LogP contribution in [0.15, 0.2) is 53.4 Å². The first-order chi connectivity index (χ1) is 13.4. The van der Waals surface area contributed by atoms with Crippen LogP contribution in [0.3, 0.4) is 0 Å². The van der Waals surface area contributed by atoms with Crippen LogP contribution in [0.25, 0.3) is 10.8 Å². The summed E-state index contributed by atoms with van der Waals surface area (Å²) in [6, 6.07) is 14.8. The van der Waals surface area contributed by atoms with Crippen LogP contribution in [0.1, 0.15) is 17.5 Å². The van der Waals surface area contributed by atoms with E-state index in [0.717, 1.165) is 52.7 Å². The number of phenols is 1. The van der Waals surface area contributed by atoms with Crippen molar-refractivity contribution in [2.24, 2.45) is 0 Å². The zero-order valence-electron chi connectivity index (χ0n) is 16.0. The number of benzene rings is 3. The normalized spacial score (nSPS) is 14.1. The molecule has 5 nitrogen and oxygen atoms in total. The minimum Gasteiger partial charge on any atom is -0.508 e.